The summed E-state index contributed by atoms with van der Waals surface area (Å²) in [5.41, 5.74) is 6.85. The highest BCUT2D eigenvalue weighted by molar-refractivity contribution is 8.16. The van der Waals surface area contributed by atoms with Crippen molar-refractivity contribution in [2.45, 2.75) is 28.9 Å². The summed E-state index contributed by atoms with van der Waals surface area (Å²) < 4.78 is 24.2. The van der Waals surface area contributed by atoms with E-state index in [1.54, 1.807) is 50.6 Å². The van der Waals surface area contributed by atoms with Crippen molar-refractivity contribution in [3.63, 3.8) is 0 Å². The molecule has 2 N–H and O–H groups in total. The summed E-state index contributed by atoms with van der Waals surface area (Å²) in [4.78, 5) is 1.53. The Hall–Kier alpha value is -1.02. The molecule has 0 saturated carbocycles. The van der Waals surface area contributed by atoms with E-state index in [9.17, 15) is 4.21 Å². The lowest BCUT2D eigenvalue weighted by Gasteiger charge is -2.15. The molecule has 0 bridgehead atoms. The maximum absolute atomic E-state index is 13.2. The van der Waals surface area contributed by atoms with Gasteiger partial charge in [0.2, 0.25) is 0 Å². The Balaban J connectivity index is 2.31. The number of methoxy groups -OCH3 is 2. The first-order chi connectivity index (χ1) is 12.9. The number of benzene rings is 2. The molecule has 0 saturated heterocycles. The average Bonchev–Trinajstić information content (AvgIpc) is 2.68. The molecule has 4 nitrogen and oxygen atoms in total. The SMILES string of the molecule is COC(CC/C(N)=C(\Sc1ccc(Cl)cc1)S(=O)c1ccc(Cl)cc1)OC. The second kappa shape index (κ2) is 11.1. The van der Waals surface area contributed by atoms with Crippen molar-refractivity contribution in [2.24, 2.45) is 5.73 Å². The van der Waals surface area contributed by atoms with Crippen LogP contribution < -0.4 is 5.73 Å². The van der Waals surface area contributed by atoms with Crippen molar-refractivity contribution < 1.29 is 13.7 Å². The first kappa shape index (κ1) is 22.3. The molecule has 0 aromatic heterocycles. The molecule has 0 aliphatic rings. The van der Waals surface area contributed by atoms with Gasteiger partial charge in [-0.15, -0.1) is 0 Å². The van der Waals surface area contributed by atoms with Gasteiger partial charge in [0.1, 0.15) is 4.24 Å². The largest absolute Gasteiger partial charge is 0.401 e. The third kappa shape index (κ3) is 6.82. The van der Waals surface area contributed by atoms with E-state index >= 15 is 0 Å². The van der Waals surface area contributed by atoms with Crippen molar-refractivity contribution in [1.82, 2.24) is 0 Å². The van der Waals surface area contributed by atoms with E-state index in [1.807, 2.05) is 12.1 Å². The van der Waals surface area contributed by atoms with E-state index in [-0.39, 0.29) is 6.29 Å². The summed E-state index contributed by atoms with van der Waals surface area (Å²) in [7, 11) is 1.71. The number of hydrogen-bond acceptors (Lipinski definition) is 5. The molecule has 0 spiro atoms. The van der Waals surface area contributed by atoms with Crippen LogP contribution in [0.15, 0.2) is 68.3 Å². The van der Waals surface area contributed by atoms with Crippen LogP contribution in [-0.4, -0.2) is 24.7 Å². The van der Waals surface area contributed by atoms with Crippen LogP contribution in [0, 0.1) is 0 Å². The summed E-state index contributed by atoms with van der Waals surface area (Å²) in [5.74, 6) is 0. The molecule has 2 aromatic carbocycles. The number of hydrogen-bond donors (Lipinski definition) is 1. The Morgan fingerprint density at radius 2 is 1.56 bits per heavy atom. The number of thioether (sulfide) groups is 1. The topological polar surface area (TPSA) is 61.5 Å². The van der Waals surface area contributed by atoms with E-state index < -0.39 is 10.8 Å². The average molecular weight is 446 g/mol. The standard InChI is InChI=1S/C19H21Cl2NO3S2/c1-24-18(25-2)12-11-17(22)19(26-15-7-3-13(20)4-8-15)27(23)16-9-5-14(21)6-10-16/h3-10,18H,11-12,22H2,1-2H3/b19-17-. The van der Waals surface area contributed by atoms with Crippen LogP contribution in [0.4, 0.5) is 0 Å². The lowest BCUT2D eigenvalue weighted by molar-refractivity contribution is -0.105. The second-order valence-corrected chi connectivity index (χ2v) is 9.16. The molecule has 146 valence electrons. The Bertz CT molecular complexity index is 792. The zero-order valence-corrected chi connectivity index (χ0v) is 18.1. The molecule has 0 amide bonds. The molecule has 1 unspecified atom stereocenters. The highest BCUT2D eigenvalue weighted by Gasteiger charge is 2.18. The van der Waals surface area contributed by atoms with Crippen LogP contribution in [0.1, 0.15) is 12.8 Å². The molecule has 2 aromatic rings. The van der Waals surface area contributed by atoms with Gasteiger partial charge < -0.3 is 15.2 Å². The van der Waals surface area contributed by atoms with E-state index in [1.165, 1.54) is 11.8 Å². The van der Waals surface area contributed by atoms with Gasteiger partial charge in [0.15, 0.2) is 6.29 Å². The minimum Gasteiger partial charge on any atom is -0.401 e. The maximum atomic E-state index is 13.2. The molecular formula is C19H21Cl2NO3S2. The van der Waals surface area contributed by atoms with Crippen molar-refractivity contribution >= 4 is 45.8 Å². The number of nitrogens with two attached hydrogens (primary N) is 1. The Morgan fingerprint density at radius 1 is 1.04 bits per heavy atom. The third-order valence-corrected chi connectivity index (χ3v) is 7.12. The second-order valence-electron chi connectivity index (χ2n) is 5.53. The third-order valence-electron chi connectivity index (χ3n) is 3.66. The van der Waals surface area contributed by atoms with Gasteiger partial charge in [0.05, 0.1) is 10.8 Å². The summed E-state index contributed by atoms with van der Waals surface area (Å²) in [5, 5.41) is 1.22. The molecule has 0 heterocycles. The van der Waals surface area contributed by atoms with E-state index in [2.05, 4.69) is 0 Å². The van der Waals surface area contributed by atoms with Crippen LogP contribution in [0.5, 0.6) is 0 Å². The number of ether oxygens (including phenoxy) is 2. The molecule has 27 heavy (non-hydrogen) atoms. The monoisotopic (exact) mass is 445 g/mol. The quantitative estimate of drug-likeness (QED) is 0.412. The molecule has 2 rings (SSSR count). The summed E-state index contributed by atoms with van der Waals surface area (Å²) in [6.45, 7) is 0. The van der Waals surface area contributed by atoms with Gasteiger partial charge >= 0.3 is 0 Å². The van der Waals surface area contributed by atoms with Crippen molar-refractivity contribution in [3.8, 4) is 0 Å². The van der Waals surface area contributed by atoms with Crippen molar-refractivity contribution in [3.05, 3.63) is 68.5 Å². The lowest BCUT2D eigenvalue weighted by atomic mass is 10.2. The summed E-state index contributed by atoms with van der Waals surface area (Å²) >= 11 is 13.3. The normalized spacial score (nSPS) is 13.5. The van der Waals surface area contributed by atoms with E-state index in [4.69, 9.17) is 38.4 Å². The fourth-order valence-electron chi connectivity index (χ4n) is 2.20. The van der Waals surface area contributed by atoms with Crippen LogP contribution >= 0.6 is 35.0 Å². The van der Waals surface area contributed by atoms with Gasteiger partial charge in [-0.3, -0.25) is 0 Å². The predicted molar refractivity (Wildman–Crippen MR) is 113 cm³/mol. The highest BCUT2D eigenvalue weighted by atomic mass is 35.5. The number of halogens is 2. The van der Waals surface area contributed by atoms with Crippen molar-refractivity contribution in [1.29, 1.82) is 0 Å². The molecule has 0 aliphatic carbocycles. The smallest absolute Gasteiger partial charge is 0.157 e. The molecule has 0 aliphatic heterocycles. The van der Waals surface area contributed by atoms with Gasteiger partial charge in [-0.2, -0.15) is 0 Å². The fraction of sp³-hybridized carbons (Fsp3) is 0.263. The predicted octanol–water partition coefficient (Wildman–Crippen LogP) is 5.42. The molecule has 0 radical (unpaired) electrons. The van der Waals surface area contributed by atoms with E-state index in [0.29, 0.717) is 37.7 Å². The highest BCUT2D eigenvalue weighted by Crippen LogP contribution is 2.35. The van der Waals surface area contributed by atoms with Crippen LogP contribution in [0.2, 0.25) is 10.0 Å². The summed E-state index contributed by atoms with van der Waals surface area (Å²) in [6.07, 6.45) is 0.678. The van der Waals surface area contributed by atoms with Gasteiger partial charge in [-0.25, -0.2) is 4.21 Å². The zero-order chi connectivity index (χ0) is 19.8. The van der Waals surface area contributed by atoms with E-state index in [0.717, 1.165) is 4.90 Å². The Labute approximate surface area is 176 Å². The fourth-order valence-corrected chi connectivity index (χ4v) is 4.99. The molecule has 8 heteroatoms. The van der Waals surface area contributed by atoms with Gasteiger partial charge in [-0.05, 0) is 55.0 Å². The minimum absolute atomic E-state index is 0.366. The maximum Gasteiger partial charge on any atom is 0.157 e. The lowest BCUT2D eigenvalue weighted by Crippen LogP contribution is -2.15. The van der Waals surface area contributed by atoms with Crippen LogP contribution in [-0.2, 0) is 20.3 Å². The number of rotatable bonds is 9. The summed E-state index contributed by atoms with van der Waals surface area (Å²) in [6, 6.07) is 14.2. The van der Waals surface area contributed by atoms with Crippen LogP contribution in [0.3, 0.4) is 0 Å². The molecule has 1 atom stereocenters. The van der Waals surface area contributed by atoms with Gasteiger partial charge in [0, 0.05) is 46.2 Å². The Kier molecular flexibility index (Phi) is 9.15. The number of allylic oxidation sites excluding steroid dienone is 1. The first-order valence-electron chi connectivity index (χ1n) is 8.09. The molecule has 0 fully saturated rings. The zero-order valence-electron chi connectivity index (χ0n) is 15.0. The van der Waals surface area contributed by atoms with Gasteiger partial charge in [0.25, 0.3) is 0 Å². The van der Waals surface area contributed by atoms with Crippen molar-refractivity contribution in [2.75, 3.05) is 14.2 Å². The first-order valence-corrected chi connectivity index (χ1v) is 10.8. The molecular weight excluding hydrogens is 425 g/mol. The van der Waals surface area contributed by atoms with Crippen LogP contribution in [0.25, 0.3) is 0 Å². The van der Waals surface area contributed by atoms with Gasteiger partial charge in [-0.1, -0.05) is 35.0 Å². The Morgan fingerprint density at radius 3 is 2.07 bits per heavy atom. The minimum atomic E-state index is -1.44.